The van der Waals surface area contributed by atoms with E-state index in [4.69, 9.17) is 4.18 Å². The summed E-state index contributed by atoms with van der Waals surface area (Å²) in [5.74, 6) is -0.458. The van der Waals surface area contributed by atoms with Gasteiger partial charge in [0, 0.05) is 0 Å². The van der Waals surface area contributed by atoms with Gasteiger partial charge in [-0.2, -0.15) is 8.42 Å². The largest absolute Gasteiger partial charge is 0.362 e. The zero-order chi connectivity index (χ0) is 12.9. The summed E-state index contributed by atoms with van der Waals surface area (Å²) >= 11 is 0. The van der Waals surface area contributed by atoms with Crippen molar-refractivity contribution in [1.82, 2.24) is 4.72 Å². The summed E-state index contributed by atoms with van der Waals surface area (Å²) in [6.07, 6.45) is 3.72. The normalized spacial score (nSPS) is 33.9. The summed E-state index contributed by atoms with van der Waals surface area (Å²) in [7, 11) is -3.98. The molecular formula is C11H17NO4S. The average Bonchev–Trinajstić information content (AvgIpc) is 3.05. The molecule has 2 aliphatic rings. The van der Waals surface area contributed by atoms with Crippen LogP contribution in [0.1, 0.15) is 33.1 Å². The van der Waals surface area contributed by atoms with Crippen LogP contribution in [0.5, 0.6) is 0 Å². The van der Waals surface area contributed by atoms with E-state index in [-0.39, 0.29) is 5.92 Å². The lowest BCUT2D eigenvalue weighted by molar-refractivity contribution is -0.124. The van der Waals surface area contributed by atoms with Crippen molar-refractivity contribution in [3.05, 3.63) is 12.7 Å². The number of hydrogen-bond donors (Lipinski definition) is 1. The molecule has 17 heavy (non-hydrogen) atoms. The Hall–Kier alpha value is -0.880. The van der Waals surface area contributed by atoms with E-state index in [1.807, 2.05) is 4.72 Å². The highest BCUT2D eigenvalue weighted by Crippen LogP contribution is 2.53. The fourth-order valence-corrected chi connectivity index (χ4v) is 2.98. The van der Waals surface area contributed by atoms with Crippen molar-refractivity contribution in [2.45, 2.75) is 38.7 Å². The van der Waals surface area contributed by atoms with Crippen LogP contribution < -0.4 is 4.72 Å². The molecule has 2 aliphatic carbocycles. The summed E-state index contributed by atoms with van der Waals surface area (Å²) in [5, 5.41) is 0. The number of hydrogen-bond acceptors (Lipinski definition) is 4. The number of nitrogens with one attached hydrogen (secondary N) is 1. The average molecular weight is 259 g/mol. The lowest BCUT2D eigenvalue weighted by Crippen LogP contribution is -2.39. The molecule has 6 heteroatoms. The molecule has 0 aliphatic heterocycles. The lowest BCUT2D eigenvalue weighted by atomic mass is 10.1. The van der Waals surface area contributed by atoms with Crippen molar-refractivity contribution in [3.63, 3.8) is 0 Å². The van der Waals surface area contributed by atoms with Crippen LogP contribution in [0.3, 0.4) is 0 Å². The molecule has 2 saturated carbocycles. The van der Waals surface area contributed by atoms with Gasteiger partial charge in [-0.05, 0) is 32.1 Å². The summed E-state index contributed by atoms with van der Waals surface area (Å²) in [6.45, 7) is 7.04. The van der Waals surface area contributed by atoms with Gasteiger partial charge in [-0.15, -0.1) is 6.58 Å². The minimum Gasteiger partial charge on any atom is -0.273 e. The van der Waals surface area contributed by atoms with Gasteiger partial charge in [-0.3, -0.25) is 4.79 Å². The highest BCUT2D eigenvalue weighted by Gasteiger charge is 2.55. The topological polar surface area (TPSA) is 72.5 Å². The molecule has 2 fully saturated rings. The van der Waals surface area contributed by atoms with Gasteiger partial charge in [0.05, 0.1) is 11.0 Å². The Bertz CT molecular complexity index is 466. The Labute approximate surface area is 101 Å². The van der Waals surface area contributed by atoms with E-state index in [1.165, 1.54) is 0 Å². The fraction of sp³-hybridized carbons (Fsp3) is 0.727. The molecule has 0 spiro atoms. The Morgan fingerprint density at radius 3 is 2.47 bits per heavy atom. The van der Waals surface area contributed by atoms with E-state index in [1.54, 1.807) is 19.9 Å². The van der Waals surface area contributed by atoms with Crippen LogP contribution in [-0.4, -0.2) is 19.9 Å². The Balaban J connectivity index is 1.97. The van der Waals surface area contributed by atoms with Gasteiger partial charge in [0.15, 0.2) is 0 Å². The fourth-order valence-electron chi connectivity index (χ4n) is 1.78. The third-order valence-corrected chi connectivity index (χ3v) is 4.65. The molecule has 0 aromatic carbocycles. The van der Waals surface area contributed by atoms with Gasteiger partial charge in [-0.1, -0.05) is 13.0 Å². The van der Waals surface area contributed by atoms with Gasteiger partial charge < -0.3 is 0 Å². The molecule has 0 heterocycles. The first-order valence-corrected chi connectivity index (χ1v) is 7.02. The number of rotatable bonds is 5. The minimum absolute atomic E-state index is 0.0502. The van der Waals surface area contributed by atoms with Crippen LogP contribution in [0.4, 0.5) is 0 Å². The van der Waals surface area contributed by atoms with Crippen LogP contribution in [-0.2, 0) is 19.3 Å². The van der Waals surface area contributed by atoms with E-state index in [2.05, 4.69) is 6.58 Å². The van der Waals surface area contributed by atoms with Crippen LogP contribution in [0.25, 0.3) is 0 Å². The van der Waals surface area contributed by atoms with Crippen molar-refractivity contribution in [2.75, 3.05) is 0 Å². The summed E-state index contributed by atoms with van der Waals surface area (Å²) in [5.41, 5.74) is -1.27. The van der Waals surface area contributed by atoms with Crippen molar-refractivity contribution in [3.8, 4) is 0 Å². The second-order valence-electron chi connectivity index (χ2n) is 5.38. The maximum Gasteiger partial charge on any atom is 0.362 e. The molecule has 1 amide bonds. The molecule has 5 nitrogen and oxygen atoms in total. The third kappa shape index (κ3) is 2.52. The predicted octanol–water partition coefficient (Wildman–Crippen LogP) is 1.13. The van der Waals surface area contributed by atoms with Crippen molar-refractivity contribution in [1.29, 1.82) is 0 Å². The third-order valence-electron chi connectivity index (χ3n) is 3.59. The standard InChI is InChI=1S/C11H17NO4S/c1-4-8-7-11(8,3)9(13)12-17(14,15)16-10(2)5-6-10/h4,8H,1,5-7H2,2-3H3,(H,12,13). The predicted molar refractivity (Wildman–Crippen MR) is 62.2 cm³/mol. The number of allylic oxidation sites excluding steroid dienone is 1. The maximum absolute atomic E-state index is 11.8. The van der Waals surface area contributed by atoms with E-state index >= 15 is 0 Å². The van der Waals surface area contributed by atoms with Crippen LogP contribution >= 0.6 is 0 Å². The second kappa shape index (κ2) is 3.55. The number of carbonyl (C=O) groups is 1. The highest BCUT2D eigenvalue weighted by molar-refractivity contribution is 7.85. The Kier molecular flexibility index (Phi) is 2.63. The molecule has 96 valence electrons. The molecule has 0 saturated heterocycles. The van der Waals surface area contributed by atoms with Gasteiger partial charge >= 0.3 is 10.3 Å². The van der Waals surface area contributed by atoms with Crippen LogP contribution in [0, 0.1) is 11.3 Å². The van der Waals surface area contributed by atoms with E-state index in [0.29, 0.717) is 19.3 Å². The molecule has 2 atom stereocenters. The Morgan fingerprint density at radius 2 is 2.06 bits per heavy atom. The summed E-state index contributed by atoms with van der Waals surface area (Å²) < 4.78 is 30.1. The SMILES string of the molecule is C=CC1CC1(C)C(=O)NS(=O)(=O)OC1(C)CC1. The number of amides is 1. The molecule has 0 radical (unpaired) electrons. The summed E-state index contributed by atoms with van der Waals surface area (Å²) in [4.78, 5) is 11.8. The van der Waals surface area contributed by atoms with Gasteiger partial charge in [0.25, 0.3) is 0 Å². The van der Waals surface area contributed by atoms with E-state index in [0.717, 1.165) is 0 Å². The number of carbonyl (C=O) groups excluding carboxylic acids is 1. The Morgan fingerprint density at radius 1 is 1.47 bits per heavy atom. The van der Waals surface area contributed by atoms with Crippen molar-refractivity contribution in [2.24, 2.45) is 11.3 Å². The van der Waals surface area contributed by atoms with Crippen LogP contribution in [0.2, 0.25) is 0 Å². The van der Waals surface area contributed by atoms with E-state index < -0.39 is 27.2 Å². The van der Waals surface area contributed by atoms with Gasteiger partial charge in [-0.25, -0.2) is 8.91 Å². The first kappa shape index (κ1) is 12.6. The van der Waals surface area contributed by atoms with Gasteiger partial charge in [0.1, 0.15) is 0 Å². The zero-order valence-electron chi connectivity index (χ0n) is 10.0. The second-order valence-corrected chi connectivity index (χ2v) is 6.66. The summed E-state index contributed by atoms with van der Waals surface area (Å²) in [6, 6.07) is 0. The molecule has 0 bridgehead atoms. The van der Waals surface area contributed by atoms with Gasteiger partial charge in [0.2, 0.25) is 5.91 Å². The lowest BCUT2D eigenvalue weighted by Gasteiger charge is -2.14. The maximum atomic E-state index is 11.8. The monoisotopic (exact) mass is 259 g/mol. The highest BCUT2D eigenvalue weighted by atomic mass is 32.2. The van der Waals surface area contributed by atoms with Crippen molar-refractivity contribution < 1.29 is 17.4 Å². The van der Waals surface area contributed by atoms with E-state index in [9.17, 15) is 13.2 Å². The molecule has 2 unspecified atom stereocenters. The quantitative estimate of drug-likeness (QED) is 0.751. The molecule has 1 N–H and O–H groups in total. The first-order chi connectivity index (χ1) is 7.71. The van der Waals surface area contributed by atoms with Crippen molar-refractivity contribution >= 4 is 16.2 Å². The first-order valence-electron chi connectivity index (χ1n) is 5.61. The smallest absolute Gasteiger partial charge is 0.273 e. The molecule has 0 aromatic heterocycles. The molecular weight excluding hydrogens is 242 g/mol. The zero-order valence-corrected chi connectivity index (χ0v) is 10.8. The van der Waals surface area contributed by atoms with Crippen LogP contribution in [0.15, 0.2) is 12.7 Å². The molecule has 2 rings (SSSR count). The minimum atomic E-state index is -3.98. The molecule has 0 aromatic rings.